The monoisotopic (exact) mass is 302 g/mol. The molecule has 2 aromatic rings. The molecule has 6 heteroatoms. The lowest BCUT2D eigenvalue weighted by Gasteiger charge is -2.09. The summed E-state index contributed by atoms with van der Waals surface area (Å²) in [4.78, 5) is 26.3. The standard InChI is InChI=1S/C16H18N2O4/c1-3-21-13-6-4-12(5-7-13)18-15(20)10-22-16-11(2)17-9-8-14(16)19/h4-9H,3,10H2,1-2H3,(H,17,19)(H,18,20). The van der Waals surface area contributed by atoms with Crippen molar-refractivity contribution < 1.29 is 14.3 Å². The van der Waals surface area contributed by atoms with E-state index in [1.165, 1.54) is 12.3 Å². The van der Waals surface area contributed by atoms with E-state index in [1.807, 2.05) is 6.92 Å². The van der Waals surface area contributed by atoms with Gasteiger partial charge in [-0.2, -0.15) is 0 Å². The number of aromatic amines is 1. The minimum atomic E-state index is -0.341. The SMILES string of the molecule is CCOc1ccc(NC(=O)COc2c(C)[nH]ccc2=O)cc1. The Kier molecular flexibility index (Phi) is 5.19. The first-order valence-corrected chi connectivity index (χ1v) is 6.94. The summed E-state index contributed by atoms with van der Waals surface area (Å²) in [7, 11) is 0. The Hall–Kier alpha value is -2.76. The van der Waals surface area contributed by atoms with Gasteiger partial charge in [-0.15, -0.1) is 0 Å². The summed E-state index contributed by atoms with van der Waals surface area (Å²) in [5.41, 5.74) is 0.960. The average molecular weight is 302 g/mol. The predicted octanol–water partition coefficient (Wildman–Crippen LogP) is 2.10. The summed E-state index contributed by atoms with van der Waals surface area (Å²) >= 11 is 0. The van der Waals surface area contributed by atoms with Crippen molar-refractivity contribution in [1.82, 2.24) is 4.98 Å². The van der Waals surface area contributed by atoms with Crippen LogP contribution in [-0.2, 0) is 4.79 Å². The largest absolute Gasteiger partial charge is 0.494 e. The number of ether oxygens (including phenoxy) is 2. The molecule has 0 fully saturated rings. The van der Waals surface area contributed by atoms with Crippen molar-refractivity contribution in [2.45, 2.75) is 13.8 Å². The first-order chi connectivity index (χ1) is 10.6. The number of benzene rings is 1. The lowest BCUT2D eigenvalue weighted by Crippen LogP contribution is -2.22. The molecule has 0 atom stereocenters. The second-order valence-electron chi connectivity index (χ2n) is 4.59. The van der Waals surface area contributed by atoms with Crippen molar-refractivity contribution in [1.29, 1.82) is 0 Å². The molecule has 0 radical (unpaired) electrons. The third-order valence-electron chi connectivity index (χ3n) is 2.90. The fourth-order valence-electron chi connectivity index (χ4n) is 1.88. The zero-order valence-electron chi connectivity index (χ0n) is 12.5. The third kappa shape index (κ3) is 4.12. The first-order valence-electron chi connectivity index (χ1n) is 6.94. The molecular formula is C16H18N2O4. The van der Waals surface area contributed by atoms with E-state index in [4.69, 9.17) is 9.47 Å². The maximum Gasteiger partial charge on any atom is 0.262 e. The Morgan fingerprint density at radius 2 is 1.91 bits per heavy atom. The highest BCUT2D eigenvalue weighted by molar-refractivity contribution is 5.91. The number of pyridine rings is 1. The fraction of sp³-hybridized carbons (Fsp3) is 0.250. The van der Waals surface area contributed by atoms with Crippen LogP contribution in [0.5, 0.6) is 11.5 Å². The van der Waals surface area contributed by atoms with E-state index >= 15 is 0 Å². The maximum atomic E-state index is 11.8. The molecule has 0 bridgehead atoms. The van der Waals surface area contributed by atoms with Crippen LogP contribution in [-0.4, -0.2) is 24.1 Å². The Morgan fingerprint density at radius 1 is 1.18 bits per heavy atom. The van der Waals surface area contributed by atoms with E-state index in [1.54, 1.807) is 31.2 Å². The Balaban J connectivity index is 1.91. The van der Waals surface area contributed by atoms with Crippen LogP contribution in [0.2, 0.25) is 0 Å². The van der Waals surface area contributed by atoms with Crippen LogP contribution in [0.1, 0.15) is 12.6 Å². The topological polar surface area (TPSA) is 80.4 Å². The number of anilines is 1. The number of hydrogen-bond donors (Lipinski definition) is 2. The summed E-state index contributed by atoms with van der Waals surface area (Å²) in [6, 6.07) is 8.37. The predicted molar refractivity (Wildman–Crippen MR) is 83.5 cm³/mol. The van der Waals surface area contributed by atoms with Crippen LogP contribution in [0.25, 0.3) is 0 Å². The number of H-pyrrole nitrogens is 1. The summed E-state index contributed by atoms with van der Waals surface area (Å²) in [5.74, 6) is 0.555. The Bertz CT molecular complexity index is 692. The van der Waals surface area contributed by atoms with Crippen molar-refractivity contribution in [3.8, 4) is 11.5 Å². The molecule has 2 rings (SSSR count). The Labute approximate surface area is 128 Å². The lowest BCUT2D eigenvalue weighted by molar-refractivity contribution is -0.118. The van der Waals surface area contributed by atoms with Crippen LogP contribution < -0.4 is 20.2 Å². The lowest BCUT2D eigenvalue weighted by atomic mass is 10.3. The normalized spacial score (nSPS) is 10.1. The van der Waals surface area contributed by atoms with Crippen LogP contribution in [0, 0.1) is 6.92 Å². The number of rotatable bonds is 6. The van der Waals surface area contributed by atoms with Gasteiger partial charge in [0.05, 0.1) is 12.3 Å². The molecule has 1 heterocycles. The highest BCUT2D eigenvalue weighted by Gasteiger charge is 2.08. The van der Waals surface area contributed by atoms with Gasteiger partial charge in [-0.05, 0) is 38.1 Å². The minimum absolute atomic E-state index is 0.157. The Morgan fingerprint density at radius 3 is 2.55 bits per heavy atom. The zero-order valence-corrected chi connectivity index (χ0v) is 12.5. The molecule has 1 aromatic heterocycles. The van der Waals surface area contributed by atoms with Gasteiger partial charge in [-0.25, -0.2) is 0 Å². The highest BCUT2D eigenvalue weighted by atomic mass is 16.5. The minimum Gasteiger partial charge on any atom is -0.494 e. The van der Waals surface area contributed by atoms with E-state index in [0.717, 1.165) is 5.75 Å². The summed E-state index contributed by atoms with van der Waals surface area (Å²) in [6.07, 6.45) is 1.53. The molecule has 2 N–H and O–H groups in total. The van der Waals surface area contributed by atoms with Gasteiger partial charge >= 0.3 is 0 Å². The molecule has 0 aliphatic rings. The van der Waals surface area contributed by atoms with Gasteiger partial charge < -0.3 is 19.8 Å². The first kappa shape index (κ1) is 15.6. The number of nitrogens with one attached hydrogen (secondary N) is 2. The highest BCUT2D eigenvalue weighted by Crippen LogP contribution is 2.15. The van der Waals surface area contributed by atoms with Crippen molar-refractivity contribution in [2.24, 2.45) is 0 Å². The second-order valence-corrected chi connectivity index (χ2v) is 4.59. The number of carbonyl (C=O) groups excluding carboxylic acids is 1. The van der Waals surface area contributed by atoms with Crippen LogP contribution in [0.15, 0.2) is 41.3 Å². The molecule has 0 unspecified atom stereocenters. The molecule has 0 aliphatic heterocycles. The molecule has 0 saturated carbocycles. The van der Waals surface area contributed by atoms with Crippen molar-refractivity contribution >= 4 is 11.6 Å². The third-order valence-corrected chi connectivity index (χ3v) is 2.90. The van der Waals surface area contributed by atoms with E-state index < -0.39 is 0 Å². The van der Waals surface area contributed by atoms with E-state index in [9.17, 15) is 9.59 Å². The molecule has 6 nitrogen and oxygen atoms in total. The van der Waals surface area contributed by atoms with Crippen molar-refractivity contribution in [3.05, 3.63) is 52.4 Å². The van der Waals surface area contributed by atoms with E-state index in [2.05, 4.69) is 10.3 Å². The molecule has 0 saturated heterocycles. The summed E-state index contributed by atoms with van der Waals surface area (Å²) < 4.78 is 10.6. The fourth-order valence-corrected chi connectivity index (χ4v) is 1.88. The van der Waals surface area contributed by atoms with Gasteiger partial charge in [0.25, 0.3) is 5.91 Å². The summed E-state index contributed by atoms with van der Waals surface area (Å²) in [6.45, 7) is 3.97. The molecule has 22 heavy (non-hydrogen) atoms. The van der Waals surface area contributed by atoms with Crippen LogP contribution >= 0.6 is 0 Å². The quantitative estimate of drug-likeness (QED) is 0.856. The van der Waals surface area contributed by atoms with Gasteiger partial charge in [0.1, 0.15) is 5.75 Å². The number of carbonyl (C=O) groups is 1. The van der Waals surface area contributed by atoms with Gasteiger partial charge in [-0.1, -0.05) is 0 Å². The van der Waals surface area contributed by atoms with Gasteiger partial charge in [0.2, 0.25) is 5.43 Å². The molecule has 116 valence electrons. The maximum absolute atomic E-state index is 11.8. The summed E-state index contributed by atoms with van der Waals surface area (Å²) in [5, 5.41) is 2.69. The number of hydrogen-bond acceptors (Lipinski definition) is 4. The van der Waals surface area contributed by atoms with E-state index in [0.29, 0.717) is 18.0 Å². The molecular weight excluding hydrogens is 284 g/mol. The van der Waals surface area contributed by atoms with Gasteiger partial charge in [0.15, 0.2) is 12.4 Å². The van der Waals surface area contributed by atoms with Crippen LogP contribution in [0.3, 0.4) is 0 Å². The van der Waals surface area contributed by atoms with Gasteiger partial charge in [0, 0.05) is 18.0 Å². The van der Waals surface area contributed by atoms with Crippen LogP contribution in [0.4, 0.5) is 5.69 Å². The number of aryl methyl sites for hydroxylation is 1. The smallest absolute Gasteiger partial charge is 0.262 e. The van der Waals surface area contributed by atoms with E-state index in [-0.39, 0.29) is 23.7 Å². The molecule has 1 amide bonds. The number of aromatic nitrogens is 1. The zero-order chi connectivity index (χ0) is 15.9. The van der Waals surface area contributed by atoms with Crippen molar-refractivity contribution in [2.75, 3.05) is 18.5 Å². The number of amides is 1. The molecule has 0 spiro atoms. The molecule has 0 aliphatic carbocycles. The second kappa shape index (κ2) is 7.31. The van der Waals surface area contributed by atoms with Crippen molar-refractivity contribution in [3.63, 3.8) is 0 Å². The average Bonchev–Trinajstić information content (AvgIpc) is 2.49. The van der Waals surface area contributed by atoms with Gasteiger partial charge in [-0.3, -0.25) is 9.59 Å². The molecule has 1 aromatic carbocycles.